The molecule has 0 saturated heterocycles. The minimum atomic E-state index is -4.51. The van der Waals surface area contributed by atoms with E-state index in [0.717, 1.165) is 23.4 Å². The molecule has 2 heterocycles. The zero-order valence-corrected chi connectivity index (χ0v) is 12.3. The van der Waals surface area contributed by atoms with E-state index in [1.165, 1.54) is 6.07 Å². The predicted molar refractivity (Wildman–Crippen MR) is 74.5 cm³/mol. The first-order valence-corrected chi connectivity index (χ1v) is 7.23. The molecule has 0 bridgehead atoms. The SMILES string of the molecule is FC(F)(F)c1ccc(Sc2nnnn2Cc2ccccc2)nn1. The van der Waals surface area contributed by atoms with E-state index in [2.05, 4.69) is 25.7 Å². The lowest BCUT2D eigenvalue weighted by molar-refractivity contribution is -0.141. The molecule has 0 aliphatic carbocycles. The minimum Gasteiger partial charge on any atom is -0.216 e. The standard InChI is InChI=1S/C13H9F3N6S/c14-13(15,16)10-6-7-11(18-17-10)23-12-19-20-21-22(12)8-9-4-2-1-3-5-9/h1-7H,8H2. The Morgan fingerprint density at radius 1 is 0.957 bits per heavy atom. The molecule has 0 N–H and O–H groups in total. The van der Waals surface area contributed by atoms with Crippen LogP contribution in [0.3, 0.4) is 0 Å². The normalized spacial score (nSPS) is 11.6. The van der Waals surface area contributed by atoms with Crippen LogP contribution in [-0.4, -0.2) is 30.4 Å². The number of hydrogen-bond acceptors (Lipinski definition) is 6. The van der Waals surface area contributed by atoms with Crippen LogP contribution >= 0.6 is 11.8 Å². The Balaban J connectivity index is 1.75. The van der Waals surface area contributed by atoms with Crippen molar-refractivity contribution in [3.63, 3.8) is 0 Å². The number of alkyl halides is 3. The first-order valence-electron chi connectivity index (χ1n) is 6.41. The number of tetrazole rings is 1. The third kappa shape index (κ3) is 3.83. The van der Waals surface area contributed by atoms with Gasteiger partial charge in [0, 0.05) is 0 Å². The second kappa shape index (κ2) is 6.32. The molecule has 0 saturated carbocycles. The maximum absolute atomic E-state index is 12.5. The van der Waals surface area contributed by atoms with Crippen molar-refractivity contribution in [1.29, 1.82) is 0 Å². The third-order valence-electron chi connectivity index (χ3n) is 2.80. The molecule has 2 aromatic heterocycles. The topological polar surface area (TPSA) is 69.4 Å². The van der Waals surface area contributed by atoms with Crippen LogP contribution in [0.1, 0.15) is 11.3 Å². The first kappa shape index (κ1) is 15.4. The molecule has 0 aliphatic heterocycles. The largest absolute Gasteiger partial charge is 0.435 e. The fourth-order valence-electron chi connectivity index (χ4n) is 1.74. The average Bonchev–Trinajstić information content (AvgIpc) is 2.95. The quantitative estimate of drug-likeness (QED) is 0.728. The molecule has 10 heteroatoms. The fraction of sp³-hybridized carbons (Fsp3) is 0.154. The van der Waals surface area contributed by atoms with Gasteiger partial charge in [-0.2, -0.15) is 13.2 Å². The summed E-state index contributed by atoms with van der Waals surface area (Å²) in [5, 5.41) is 18.7. The van der Waals surface area contributed by atoms with E-state index in [0.29, 0.717) is 11.7 Å². The van der Waals surface area contributed by atoms with Crippen molar-refractivity contribution >= 4 is 11.8 Å². The lowest BCUT2D eigenvalue weighted by Gasteiger charge is -2.05. The maximum Gasteiger partial charge on any atom is 0.435 e. The van der Waals surface area contributed by atoms with Crippen LogP contribution in [0.5, 0.6) is 0 Å². The lowest BCUT2D eigenvalue weighted by atomic mass is 10.2. The van der Waals surface area contributed by atoms with Crippen LogP contribution in [0.2, 0.25) is 0 Å². The number of aromatic nitrogens is 6. The highest BCUT2D eigenvalue weighted by Gasteiger charge is 2.32. The van der Waals surface area contributed by atoms with Gasteiger partial charge in [-0.05, 0) is 39.9 Å². The highest BCUT2D eigenvalue weighted by atomic mass is 32.2. The lowest BCUT2D eigenvalue weighted by Crippen LogP contribution is -2.09. The monoisotopic (exact) mass is 338 g/mol. The molecule has 1 aromatic carbocycles. The second-order valence-corrected chi connectivity index (χ2v) is 5.45. The molecule has 0 fully saturated rings. The van der Waals surface area contributed by atoms with Gasteiger partial charge in [-0.15, -0.1) is 15.3 Å². The van der Waals surface area contributed by atoms with Crippen LogP contribution < -0.4 is 0 Å². The van der Waals surface area contributed by atoms with Crippen molar-refractivity contribution in [2.24, 2.45) is 0 Å². The Morgan fingerprint density at radius 2 is 1.74 bits per heavy atom. The summed E-state index contributed by atoms with van der Waals surface area (Å²) in [5.41, 5.74) is -0.0362. The van der Waals surface area contributed by atoms with E-state index in [1.54, 1.807) is 4.68 Å². The Kier molecular flexibility index (Phi) is 4.24. The molecule has 0 amide bonds. The zero-order chi connectivity index (χ0) is 16.3. The molecule has 0 atom stereocenters. The van der Waals surface area contributed by atoms with E-state index in [1.807, 2.05) is 30.3 Å². The summed E-state index contributed by atoms with van der Waals surface area (Å²) in [4.78, 5) is 0. The number of rotatable bonds is 4. The molecule has 6 nitrogen and oxygen atoms in total. The van der Waals surface area contributed by atoms with E-state index in [9.17, 15) is 13.2 Å². The summed E-state index contributed by atoms with van der Waals surface area (Å²) in [6.45, 7) is 0.449. The van der Waals surface area contributed by atoms with E-state index < -0.39 is 11.9 Å². The summed E-state index contributed by atoms with van der Waals surface area (Å²) in [5.74, 6) is 0. The summed E-state index contributed by atoms with van der Waals surface area (Å²) in [6.07, 6.45) is -4.51. The minimum absolute atomic E-state index is 0.280. The summed E-state index contributed by atoms with van der Waals surface area (Å²) in [7, 11) is 0. The molecule has 0 unspecified atom stereocenters. The van der Waals surface area contributed by atoms with Gasteiger partial charge in [0.05, 0.1) is 6.54 Å². The van der Waals surface area contributed by atoms with Crippen molar-refractivity contribution in [3.05, 3.63) is 53.7 Å². The van der Waals surface area contributed by atoms with Crippen LogP contribution in [-0.2, 0) is 12.7 Å². The highest BCUT2D eigenvalue weighted by molar-refractivity contribution is 7.99. The molecule has 118 valence electrons. The molecule has 23 heavy (non-hydrogen) atoms. The van der Waals surface area contributed by atoms with E-state index in [-0.39, 0.29) is 5.03 Å². The van der Waals surface area contributed by atoms with Crippen LogP contribution in [0.4, 0.5) is 13.2 Å². The van der Waals surface area contributed by atoms with Crippen molar-refractivity contribution in [3.8, 4) is 0 Å². The maximum atomic E-state index is 12.5. The van der Waals surface area contributed by atoms with Gasteiger partial charge in [-0.25, -0.2) is 4.68 Å². The van der Waals surface area contributed by atoms with Crippen LogP contribution in [0.15, 0.2) is 52.6 Å². The Morgan fingerprint density at radius 3 is 2.39 bits per heavy atom. The van der Waals surface area contributed by atoms with Crippen molar-refractivity contribution in [2.45, 2.75) is 22.9 Å². The fourth-order valence-corrected chi connectivity index (χ4v) is 2.43. The molecular formula is C13H9F3N6S. The van der Waals surface area contributed by atoms with Gasteiger partial charge in [0.15, 0.2) is 5.69 Å². The van der Waals surface area contributed by atoms with Gasteiger partial charge < -0.3 is 0 Å². The van der Waals surface area contributed by atoms with Gasteiger partial charge in [0.25, 0.3) is 0 Å². The molecule has 3 rings (SSSR count). The number of nitrogens with zero attached hydrogens (tertiary/aromatic N) is 6. The van der Waals surface area contributed by atoms with Crippen molar-refractivity contribution in [1.82, 2.24) is 30.4 Å². The molecular weight excluding hydrogens is 329 g/mol. The summed E-state index contributed by atoms with van der Waals surface area (Å²) >= 11 is 1.05. The van der Waals surface area contributed by atoms with E-state index in [4.69, 9.17) is 0 Å². The predicted octanol–water partition coefficient (Wildman–Crippen LogP) is 2.68. The van der Waals surface area contributed by atoms with Gasteiger partial charge in [0.1, 0.15) is 5.03 Å². The average molecular weight is 338 g/mol. The van der Waals surface area contributed by atoms with Gasteiger partial charge in [-0.1, -0.05) is 30.3 Å². The van der Waals surface area contributed by atoms with Gasteiger partial charge in [0.2, 0.25) is 5.16 Å². The highest BCUT2D eigenvalue weighted by Crippen LogP contribution is 2.29. The van der Waals surface area contributed by atoms with Gasteiger partial charge in [-0.3, -0.25) is 0 Å². The molecule has 0 aliphatic rings. The molecule has 0 radical (unpaired) electrons. The smallest absolute Gasteiger partial charge is 0.216 e. The van der Waals surface area contributed by atoms with Gasteiger partial charge >= 0.3 is 6.18 Å². The van der Waals surface area contributed by atoms with Crippen LogP contribution in [0.25, 0.3) is 0 Å². The zero-order valence-electron chi connectivity index (χ0n) is 11.5. The number of halogens is 3. The summed E-state index contributed by atoms with van der Waals surface area (Å²) in [6, 6.07) is 11.7. The second-order valence-electron chi connectivity index (χ2n) is 4.46. The van der Waals surface area contributed by atoms with Crippen molar-refractivity contribution in [2.75, 3.05) is 0 Å². The third-order valence-corrected chi connectivity index (χ3v) is 3.70. The Bertz CT molecular complexity index is 772. The first-order chi connectivity index (χ1) is 11.0. The number of hydrogen-bond donors (Lipinski definition) is 0. The number of benzene rings is 1. The van der Waals surface area contributed by atoms with Crippen molar-refractivity contribution < 1.29 is 13.2 Å². The Labute approximate surface area is 132 Å². The Hall–Kier alpha value is -2.49. The van der Waals surface area contributed by atoms with Crippen LogP contribution in [0, 0.1) is 0 Å². The summed E-state index contributed by atoms with van der Waals surface area (Å²) < 4.78 is 38.9. The molecule has 0 spiro atoms. The molecule has 3 aromatic rings. The van der Waals surface area contributed by atoms with E-state index >= 15 is 0 Å².